The van der Waals surface area contributed by atoms with Gasteiger partial charge in [0.15, 0.2) is 5.78 Å². The molecule has 1 aliphatic heterocycles. The molecule has 0 amide bonds. The molecule has 20 heavy (non-hydrogen) atoms. The highest BCUT2D eigenvalue weighted by molar-refractivity contribution is 6.02. The molecule has 0 aromatic heterocycles. The number of halogens is 1. The lowest BCUT2D eigenvalue weighted by Crippen LogP contribution is -2.21. The van der Waals surface area contributed by atoms with Crippen molar-refractivity contribution >= 4 is 5.78 Å². The molecule has 0 spiro atoms. The minimum atomic E-state index is -0.766. The average molecular weight is 274 g/mol. The first kappa shape index (κ1) is 12.5. The van der Waals surface area contributed by atoms with Crippen molar-refractivity contribution in [3.05, 3.63) is 53.3 Å². The molecule has 102 valence electrons. The predicted molar refractivity (Wildman–Crippen MR) is 68.5 cm³/mol. The van der Waals surface area contributed by atoms with Crippen molar-refractivity contribution in [3.8, 4) is 17.2 Å². The Balaban J connectivity index is 2.05. The Kier molecular flexibility index (Phi) is 2.82. The van der Waals surface area contributed by atoms with Gasteiger partial charge in [0.25, 0.3) is 0 Å². The number of ether oxygens (including phenoxy) is 1. The van der Waals surface area contributed by atoms with E-state index in [1.165, 1.54) is 12.1 Å². The third-order valence-corrected chi connectivity index (χ3v) is 3.24. The van der Waals surface area contributed by atoms with Gasteiger partial charge in [-0.1, -0.05) is 18.2 Å². The number of phenolic OH excluding ortho intramolecular Hbond substituents is 2. The molecule has 2 aromatic rings. The van der Waals surface area contributed by atoms with Gasteiger partial charge in [-0.05, 0) is 6.07 Å². The molecule has 2 aromatic carbocycles. The third kappa shape index (κ3) is 1.97. The van der Waals surface area contributed by atoms with E-state index < -0.39 is 11.9 Å². The van der Waals surface area contributed by atoms with E-state index in [1.807, 2.05) is 0 Å². The van der Waals surface area contributed by atoms with Crippen molar-refractivity contribution in [2.45, 2.75) is 12.5 Å². The van der Waals surface area contributed by atoms with Crippen molar-refractivity contribution in [1.82, 2.24) is 0 Å². The number of hydrogen-bond acceptors (Lipinski definition) is 4. The number of fused-ring (bicyclic) bond motifs is 1. The van der Waals surface area contributed by atoms with Crippen LogP contribution < -0.4 is 4.74 Å². The summed E-state index contributed by atoms with van der Waals surface area (Å²) in [6.45, 7) is 0. The number of aromatic hydroxyl groups is 2. The molecule has 1 atom stereocenters. The van der Waals surface area contributed by atoms with Crippen LogP contribution in [0.25, 0.3) is 0 Å². The van der Waals surface area contributed by atoms with E-state index in [2.05, 4.69) is 0 Å². The summed E-state index contributed by atoms with van der Waals surface area (Å²) in [5.74, 6) is -1.30. The Morgan fingerprint density at radius 2 is 1.95 bits per heavy atom. The summed E-state index contributed by atoms with van der Waals surface area (Å²) in [4.78, 5) is 12.1. The van der Waals surface area contributed by atoms with Crippen LogP contribution in [-0.2, 0) is 0 Å². The zero-order chi connectivity index (χ0) is 14.3. The van der Waals surface area contributed by atoms with Gasteiger partial charge in [0, 0.05) is 17.7 Å². The number of hydrogen-bond donors (Lipinski definition) is 2. The monoisotopic (exact) mass is 274 g/mol. The molecular weight excluding hydrogens is 263 g/mol. The van der Waals surface area contributed by atoms with Crippen molar-refractivity contribution in [2.75, 3.05) is 0 Å². The molecular formula is C15H11FO4. The molecule has 1 heterocycles. The number of Topliss-reactive ketones (excluding diaryl/α,β-unsaturated/α-hetero) is 1. The molecule has 1 aliphatic rings. The van der Waals surface area contributed by atoms with Crippen molar-refractivity contribution in [3.63, 3.8) is 0 Å². The van der Waals surface area contributed by atoms with Crippen molar-refractivity contribution in [1.29, 1.82) is 0 Å². The summed E-state index contributed by atoms with van der Waals surface area (Å²) in [5, 5.41) is 19.1. The Hall–Kier alpha value is -2.56. The van der Waals surface area contributed by atoms with Gasteiger partial charge in [-0.2, -0.15) is 0 Å². The summed E-state index contributed by atoms with van der Waals surface area (Å²) in [7, 11) is 0. The summed E-state index contributed by atoms with van der Waals surface area (Å²) < 4.78 is 19.3. The lowest BCUT2D eigenvalue weighted by molar-refractivity contribution is 0.0840. The van der Waals surface area contributed by atoms with Crippen molar-refractivity contribution < 1.29 is 24.1 Å². The minimum absolute atomic E-state index is 0.0235. The highest BCUT2D eigenvalue weighted by atomic mass is 19.1. The van der Waals surface area contributed by atoms with Crippen LogP contribution in [0.5, 0.6) is 17.2 Å². The minimum Gasteiger partial charge on any atom is -0.508 e. The second-order valence-corrected chi connectivity index (χ2v) is 4.59. The van der Waals surface area contributed by atoms with Gasteiger partial charge in [-0.3, -0.25) is 4.79 Å². The summed E-state index contributed by atoms with van der Waals surface area (Å²) in [6, 6.07) is 8.35. The smallest absolute Gasteiger partial charge is 0.174 e. The van der Waals surface area contributed by atoms with E-state index >= 15 is 0 Å². The maximum Gasteiger partial charge on any atom is 0.174 e. The van der Waals surface area contributed by atoms with Gasteiger partial charge in [-0.15, -0.1) is 0 Å². The number of benzene rings is 2. The maximum absolute atomic E-state index is 13.7. The van der Waals surface area contributed by atoms with Gasteiger partial charge < -0.3 is 14.9 Å². The summed E-state index contributed by atoms with van der Waals surface area (Å²) >= 11 is 0. The molecule has 1 unspecified atom stereocenters. The normalized spacial score (nSPS) is 17.4. The summed E-state index contributed by atoms with van der Waals surface area (Å²) in [5.41, 5.74) is 0.296. The number of rotatable bonds is 1. The molecule has 0 bridgehead atoms. The number of ketones is 1. The lowest BCUT2D eigenvalue weighted by Gasteiger charge is -2.26. The maximum atomic E-state index is 13.7. The molecule has 0 aliphatic carbocycles. The van der Waals surface area contributed by atoms with Crippen LogP contribution in [0, 0.1) is 5.82 Å². The average Bonchev–Trinajstić information content (AvgIpc) is 2.37. The largest absolute Gasteiger partial charge is 0.508 e. The second-order valence-electron chi connectivity index (χ2n) is 4.59. The van der Waals surface area contributed by atoms with Crippen LogP contribution in [0.15, 0.2) is 36.4 Å². The number of carbonyl (C=O) groups excluding carboxylic acids is 1. The third-order valence-electron chi connectivity index (χ3n) is 3.24. The van der Waals surface area contributed by atoms with Gasteiger partial charge in [0.05, 0.1) is 6.42 Å². The van der Waals surface area contributed by atoms with E-state index in [4.69, 9.17) is 4.74 Å². The van der Waals surface area contributed by atoms with Crippen LogP contribution in [0.4, 0.5) is 4.39 Å². The topological polar surface area (TPSA) is 66.8 Å². The Bertz CT molecular complexity index is 696. The van der Waals surface area contributed by atoms with Crippen molar-refractivity contribution in [2.24, 2.45) is 0 Å². The molecule has 4 nitrogen and oxygen atoms in total. The standard InChI is InChI=1S/C15H11FO4/c16-10-4-2-1-3-9(10)13-7-12(19)15-11(18)5-8(17)6-14(15)20-13/h1-6,13,17-18H,7H2. The molecule has 3 rings (SSSR count). The van der Waals surface area contributed by atoms with Gasteiger partial charge >= 0.3 is 0 Å². The highest BCUT2D eigenvalue weighted by Crippen LogP contribution is 2.41. The van der Waals surface area contributed by atoms with Crippen LogP contribution in [0.1, 0.15) is 28.4 Å². The van der Waals surface area contributed by atoms with E-state index in [0.717, 1.165) is 6.07 Å². The second kappa shape index (κ2) is 4.52. The SMILES string of the molecule is O=C1CC(c2ccccc2F)Oc2cc(O)cc(O)c21. The summed E-state index contributed by atoms with van der Waals surface area (Å²) in [6.07, 6.45) is -0.830. The van der Waals surface area contributed by atoms with Crippen LogP contribution in [0.2, 0.25) is 0 Å². The molecule has 2 N–H and O–H groups in total. The van der Waals surface area contributed by atoms with Crippen LogP contribution in [0.3, 0.4) is 0 Å². The Morgan fingerprint density at radius 1 is 1.20 bits per heavy atom. The van der Waals surface area contributed by atoms with Gasteiger partial charge in [0.2, 0.25) is 0 Å². The van der Waals surface area contributed by atoms with E-state index in [9.17, 15) is 19.4 Å². The van der Waals surface area contributed by atoms with Gasteiger partial charge in [-0.25, -0.2) is 4.39 Å². The molecule has 5 heteroatoms. The van der Waals surface area contributed by atoms with E-state index in [0.29, 0.717) is 0 Å². The molecule has 0 saturated heterocycles. The molecule has 0 fully saturated rings. The first-order valence-electron chi connectivity index (χ1n) is 6.06. The fourth-order valence-electron chi connectivity index (χ4n) is 2.33. The first-order valence-corrected chi connectivity index (χ1v) is 6.06. The molecule has 0 radical (unpaired) electrons. The van der Waals surface area contributed by atoms with E-state index in [1.54, 1.807) is 18.2 Å². The zero-order valence-corrected chi connectivity index (χ0v) is 10.3. The fourth-order valence-corrected chi connectivity index (χ4v) is 2.33. The highest BCUT2D eigenvalue weighted by Gasteiger charge is 2.31. The number of carbonyl (C=O) groups is 1. The fraction of sp³-hybridized carbons (Fsp3) is 0.133. The lowest BCUT2D eigenvalue weighted by atomic mass is 9.95. The van der Waals surface area contributed by atoms with Gasteiger partial charge in [0.1, 0.15) is 34.7 Å². The van der Waals surface area contributed by atoms with Crippen LogP contribution >= 0.6 is 0 Å². The van der Waals surface area contributed by atoms with Crippen LogP contribution in [-0.4, -0.2) is 16.0 Å². The Morgan fingerprint density at radius 3 is 2.70 bits per heavy atom. The predicted octanol–water partition coefficient (Wildman–Crippen LogP) is 2.94. The number of phenols is 2. The zero-order valence-electron chi connectivity index (χ0n) is 10.3. The quantitative estimate of drug-likeness (QED) is 0.839. The molecule has 0 saturated carbocycles. The Labute approximate surface area is 114 Å². The first-order chi connectivity index (χ1) is 9.56. The van der Waals surface area contributed by atoms with E-state index in [-0.39, 0.29) is 40.6 Å².